The predicted octanol–water partition coefficient (Wildman–Crippen LogP) is 0.804. The number of carbonyl (C=O) groups excluding carboxylic acids is 2. The normalized spacial score (nSPS) is 11.0. The average Bonchev–Trinajstić information content (AvgIpc) is 2.50. The van der Waals surface area contributed by atoms with Crippen LogP contribution in [0.2, 0.25) is 0 Å². The highest BCUT2D eigenvalue weighted by Crippen LogP contribution is 1.98. The molecule has 0 aliphatic carbocycles. The molecule has 136 valence electrons. The SMILES string of the molecule is CC(=O)NCCOCCOCCOCCOCCC(=O)C(C)C. The Balaban J connectivity index is 3.08. The third-order valence-corrected chi connectivity index (χ3v) is 2.87. The monoisotopic (exact) mass is 333 g/mol. The maximum absolute atomic E-state index is 11.3. The molecule has 0 fully saturated rings. The van der Waals surface area contributed by atoms with Gasteiger partial charge in [-0.05, 0) is 0 Å². The third-order valence-electron chi connectivity index (χ3n) is 2.87. The molecule has 0 heterocycles. The van der Waals surface area contributed by atoms with Crippen molar-refractivity contribution in [1.82, 2.24) is 5.32 Å². The number of amides is 1. The molecule has 0 aromatic heterocycles. The van der Waals surface area contributed by atoms with E-state index in [0.717, 1.165) is 0 Å². The summed E-state index contributed by atoms with van der Waals surface area (Å²) in [6.45, 7) is 9.66. The lowest BCUT2D eigenvalue weighted by molar-refractivity contribution is -0.123. The summed E-state index contributed by atoms with van der Waals surface area (Å²) in [7, 11) is 0. The molecule has 0 unspecified atom stereocenters. The summed E-state index contributed by atoms with van der Waals surface area (Å²) in [5.74, 6) is 0.234. The van der Waals surface area contributed by atoms with E-state index >= 15 is 0 Å². The zero-order valence-electron chi connectivity index (χ0n) is 14.6. The predicted molar refractivity (Wildman–Crippen MR) is 86.4 cm³/mol. The van der Waals surface area contributed by atoms with Crippen molar-refractivity contribution in [3.8, 4) is 0 Å². The van der Waals surface area contributed by atoms with Crippen LogP contribution in [0, 0.1) is 5.92 Å². The smallest absolute Gasteiger partial charge is 0.216 e. The molecule has 23 heavy (non-hydrogen) atoms. The molecule has 0 radical (unpaired) electrons. The molecule has 7 nitrogen and oxygen atoms in total. The van der Waals surface area contributed by atoms with Crippen molar-refractivity contribution in [2.45, 2.75) is 27.2 Å². The number of ether oxygens (including phenoxy) is 4. The fourth-order valence-electron chi connectivity index (χ4n) is 1.52. The topological polar surface area (TPSA) is 83.1 Å². The first-order valence-corrected chi connectivity index (χ1v) is 8.12. The minimum atomic E-state index is -0.0579. The maximum atomic E-state index is 11.3. The molecule has 0 rings (SSSR count). The first kappa shape index (κ1) is 22.0. The van der Waals surface area contributed by atoms with Crippen LogP contribution in [0.4, 0.5) is 0 Å². The van der Waals surface area contributed by atoms with E-state index in [1.165, 1.54) is 6.92 Å². The minimum Gasteiger partial charge on any atom is -0.379 e. The molecule has 0 aliphatic heterocycles. The van der Waals surface area contributed by atoms with Gasteiger partial charge >= 0.3 is 0 Å². The fourth-order valence-corrected chi connectivity index (χ4v) is 1.52. The van der Waals surface area contributed by atoms with Crippen molar-refractivity contribution in [3.05, 3.63) is 0 Å². The van der Waals surface area contributed by atoms with Crippen LogP contribution in [-0.4, -0.2) is 71.1 Å². The second-order valence-corrected chi connectivity index (χ2v) is 5.30. The summed E-state index contributed by atoms with van der Waals surface area (Å²) in [6.07, 6.45) is 0.461. The second kappa shape index (κ2) is 15.9. The van der Waals surface area contributed by atoms with Gasteiger partial charge in [0.2, 0.25) is 5.91 Å². The van der Waals surface area contributed by atoms with Gasteiger partial charge in [-0.2, -0.15) is 0 Å². The van der Waals surface area contributed by atoms with Crippen LogP contribution in [0.5, 0.6) is 0 Å². The van der Waals surface area contributed by atoms with Gasteiger partial charge in [0.25, 0.3) is 0 Å². The van der Waals surface area contributed by atoms with Gasteiger partial charge in [-0.25, -0.2) is 0 Å². The Bertz CT molecular complexity index is 309. The molecule has 7 heteroatoms. The van der Waals surface area contributed by atoms with Crippen LogP contribution in [0.15, 0.2) is 0 Å². The summed E-state index contributed by atoms with van der Waals surface area (Å²) >= 11 is 0. The van der Waals surface area contributed by atoms with Crippen LogP contribution in [0.3, 0.4) is 0 Å². The Labute approximate surface area is 139 Å². The standard InChI is InChI=1S/C16H31NO6/c1-14(2)16(19)4-6-20-8-10-22-12-13-23-11-9-21-7-5-17-15(3)18/h14H,4-13H2,1-3H3,(H,17,18). The zero-order valence-corrected chi connectivity index (χ0v) is 14.6. The summed E-state index contributed by atoms with van der Waals surface area (Å²) in [5.41, 5.74) is 0. The van der Waals surface area contributed by atoms with Crippen molar-refractivity contribution in [2.75, 3.05) is 59.4 Å². The number of Topliss-reactive ketones (excluding diaryl/α,β-unsaturated/α-hetero) is 1. The molecule has 0 spiro atoms. The first-order chi connectivity index (χ1) is 11.0. The van der Waals surface area contributed by atoms with E-state index in [-0.39, 0.29) is 17.6 Å². The number of rotatable bonds is 16. The van der Waals surface area contributed by atoms with E-state index in [9.17, 15) is 9.59 Å². The lowest BCUT2D eigenvalue weighted by Crippen LogP contribution is -2.25. The van der Waals surface area contributed by atoms with E-state index in [0.29, 0.717) is 65.8 Å². The highest BCUT2D eigenvalue weighted by atomic mass is 16.6. The van der Waals surface area contributed by atoms with Crippen molar-refractivity contribution in [3.63, 3.8) is 0 Å². The Morgan fingerprint density at radius 1 is 0.783 bits per heavy atom. The molecule has 0 aliphatic rings. The van der Waals surface area contributed by atoms with Crippen LogP contribution < -0.4 is 5.32 Å². The highest BCUT2D eigenvalue weighted by Gasteiger charge is 2.05. The molecular weight excluding hydrogens is 302 g/mol. The fraction of sp³-hybridized carbons (Fsp3) is 0.875. The summed E-state index contributed by atoms with van der Waals surface area (Å²) in [4.78, 5) is 21.9. The van der Waals surface area contributed by atoms with Crippen LogP contribution in [0.1, 0.15) is 27.2 Å². The van der Waals surface area contributed by atoms with Crippen molar-refractivity contribution >= 4 is 11.7 Å². The Kier molecular flexibility index (Phi) is 15.2. The molecule has 0 aromatic rings. The molecule has 1 N–H and O–H groups in total. The van der Waals surface area contributed by atoms with Gasteiger partial charge in [0.15, 0.2) is 0 Å². The quantitative estimate of drug-likeness (QED) is 0.421. The number of hydrogen-bond acceptors (Lipinski definition) is 6. The van der Waals surface area contributed by atoms with Crippen molar-refractivity contribution in [1.29, 1.82) is 0 Å². The number of carbonyl (C=O) groups is 2. The van der Waals surface area contributed by atoms with Crippen molar-refractivity contribution < 1.29 is 28.5 Å². The van der Waals surface area contributed by atoms with E-state index in [1.54, 1.807) is 0 Å². The van der Waals surface area contributed by atoms with Crippen LogP contribution in [0.25, 0.3) is 0 Å². The lowest BCUT2D eigenvalue weighted by Gasteiger charge is -2.08. The Morgan fingerprint density at radius 3 is 1.65 bits per heavy atom. The average molecular weight is 333 g/mol. The van der Waals surface area contributed by atoms with Crippen LogP contribution >= 0.6 is 0 Å². The number of hydrogen-bond donors (Lipinski definition) is 1. The minimum absolute atomic E-state index is 0.0579. The van der Waals surface area contributed by atoms with Gasteiger partial charge in [-0.15, -0.1) is 0 Å². The van der Waals surface area contributed by atoms with E-state index in [4.69, 9.17) is 18.9 Å². The van der Waals surface area contributed by atoms with E-state index in [2.05, 4.69) is 5.32 Å². The lowest BCUT2D eigenvalue weighted by atomic mass is 10.1. The highest BCUT2D eigenvalue weighted by molar-refractivity contribution is 5.80. The zero-order chi connectivity index (χ0) is 17.3. The van der Waals surface area contributed by atoms with Crippen molar-refractivity contribution in [2.24, 2.45) is 5.92 Å². The number of nitrogens with one attached hydrogen (secondary N) is 1. The van der Waals surface area contributed by atoms with Crippen LogP contribution in [-0.2, 0) is 28.5 Å². The maximum Gasteiger partial charge on any atom is 0.216 e. The van der Waals surface area contributed by atoms with E-state index in [1.807, 2.05) is 13.8 Å². The largest absolute Gasteiger partial charge is 0.379 e. The third kappa shape index (κ3) is 17.2. The summed E-state index contributed by atoms with van der Waals surface area (Å²) < 4.78 is 21.2. The molecule has 0 saturated carbocycles. The van der Waals surface area contributed by atoms with Gasteiger partial charge in [0, 0.05) is 25.8 Å². The molecular formula is C16H31NO6. The van der Waals surface area contributed by atoms with Gasteiger partial charge in [-0.3, -0.25) is 9.59 Å². The first-order valence-electron chi connectivity index (χ1n) is 8.12. The van der Waals surface area contributed by atoms with Gasteiger partial charge < -0.3 is 24.3 Å². The Morgan fingerprint density at radius 2 is 1.22 bits per heavy atom. The summed E-state index contributed by atoms with van der Waals surface area (Å²) in [5, 5.41) is 2.64. The molecule has 0 atom stereocenters. The van der Waals surface area contributed by atoms with Gasteiger partial charge in [0.1, 0.15) is 5.78 Å². The molecule has 1 amide bonds. The van der Waals surface area contributed by atoms with Gasteiger partial charge in [-0.1, -0.05) is 13.8 Å². The van der Waals surface area contributed by atoms with Gasteiger partial charge in [0.05, 0.1) is 52.9 Å². The summed E-state index contributed by atoms with van der Waals surface area (Å²) in [6, 6.07) is 0. The second-order valence-electron chi connectivity index (χ2n) is 5.30. The molecule has 0 aromatic carbocycles. The number of ketones is 1. The van der Waals surface area contributed by atoms with E-state index < -0.39 is 0 Å². The Hall–Kier alpha value is -1.02. The molecule has 0 saturated heterocycles. The molecule has 0 bridgehead atoms.